The first-order valence-corrected chi connectivity index (χ1v) is 12.4. The van der Waals surface area contributed by atoms with E-state index < -0.39 is 14.3 Å². The van der Waals surface area contributed by atoms with Crippen LogP contribution in [0, 0.1) is 0 Å². The number of hydrogen-bond acceptors (Lipinski definition) is 4. The van der Waals surface area contributed by atoms with Gasteiger partial charge in [0.2, 0.25) is 0 Å². The highest BCUT2D eigenvalue weighted by molar-refractivity contribution is 6.60. The Kier molecular flexibility index (Phi) is 6.23. The minimum atomic E-state index is -2.78. The molecule has 0 saturated heterocycles. The SMILES string of the molecule is CO[Si](CCC(N)(c1ccc2ccccc2c1)c1ccc2ccccc2c1)(OC)OC. The van der Waals surface area contributed by atoms with E-state index in [4.69, 9.17) is 19.0 Å². The molecule has 0 unspecified atom stereocenters. The predicted molar refractivity (Wildman–Crippen MR) is 129 cm³/mol. The number of hydrogen-bond donors (Lipinski definition) is 1. The molecule has 0 saturated carbocycles. The van der Waals surface area contributed by atoms with Gasteiger partial charge in [0.25, 0.3) is 0 Å². The van der Waals surface area contributed by atoms with E-state index in [1.165, 1.54) is 21.5 Å². The van der Waals surface area contributed by atoms with Crippen LogP contribution in [-0.2, 0) is 18.8 Å². The summed E-state index contributed by atoms with van der Waals surface area (Å²) in [6.45, 7) is 0. The molecular formula is C26H29NO3Si. The first kappa shape index (κ1) is 21.7. The van der Waals surface area contributed by atoms with Gasteiger partial charge in [0.1, 0.15) is 0 Å². The molecule has 4 aromatic carbocycles. The summed E-state index contributed by atoms with van der Waals surface area (Å²) in [6, 6.07) is 30.2. The van der Waals surface area contributed by atoms with E-state index in [-0.39, 0.29) is 0 Å². The Labute approximate surface area is 184 Å². The second-order valence-electron chi connectivity index (χ2n) is 7.89. The Morgan fingerprint density at radius 2 is 1.06 bits per heavy atom. The fourth-order valence-electron chi connectivity index (χ4n) is 4.30. The molecule has 0 radical (unpaired) electrons. The molecule has 0 fully saturated rings. The van der Waals surface area contributed by atoms with Crippen LogP contribution in [0.25, 0.3) is 21.5 Å². The summed E-state index contributed by atoms with van der Waals surface area (Å²) >= 11 is 0. The van der Waals surface area contributed by atoms with Crippen LogP contribution < -0.4 is 5.73 Å². The van der Waals surface area contributed by atoms with Gasteiger partial charge in [-0.3, -0.25) is 0 Å². The summed E-state index contributed by atoms with van der Waals surface area (Å²) < 4.78 is 17.0. The zero-order valence-electron chi connectivity index (χ0n) is 18.3. The van der Waals surface area contributed by atoms with Gasteiger partial charge in [0.15, 0.2) is 0 Å². The highest BCUT2D eigenvalue weighted by atomic mass is 28.4. The molecule has 0 spiro atoms. The van der Waals surface area contributed by atoms with Gasteiger partial charge in [-0.1, -0.05) is 72.8 Å². The molecule has 4 nitrogen and oxygen atoms in total. The summed E-state index contributed by atoms with van der Waals surface area (Å²) in [7, 11) is 2.15. The molecule has 0 aliphatic heterocycles. The first-order valence-electron chi connectivity index (χ1n) is 10.5. The van der Waals surface area contributed by atoms with Gasteiger partial charge in [0.05, 0.1) is 5.54 Å². The average molecular weight is 432 g/mol. The van der Waals surface area contributed by atoms with Crippen LogP contribution in [0.15, 0.2) is 84.9 Å². The standard InChI is InChI=1S/C26H29NO3Si/c1-28-31(29-2,30-3)17-16-26(27,24-14-12-20-8-4-6-10-22(20)18-24)25-15-13-21-9-5-7-11-23(21)19-25/h4-15,18-19H,16-17,27H2,1-3H3. The molecule has 160 valence electrons. The molecular weight excluding hydrogens is 402 g/mol. The maximum atomic E-state index is 7.25. The van der Waals surface area contributed by atoms with E-state index in [1.807, 2.05) is 0 Å². The van der Waals surface area contributed by atoms with Crippen molar-refractivity contribution in [2.45, 2.75) is 18.0 Å². The third-order valence-electron chi connectivity index (χ3n) is 6.29. The Bertz CT molecular complexity index is 1100. The highest BCUT2D eigenvalue weighted by Gasteiger charge is 2.42. The summed E-state index contributed by atoms with van der Waals surface area (Å²) in [5.41, 5.74) is 8.65. The van der Waals surface area contributed by atoms with Gasteiger partial charge < -0.3 is 19.0 Å². The lowest BCUT2D eigenvalue weighted by Gasteiger charge is -2.34. The zero-order valence-corrected chi connectivity index (χ0v) is 19.3. The minimum absolute atomic E-state index is 0.604. The number of benzene rings is 4. The Hall–Kier alpha value is -2.54. The first-order chi connectivity index (χ1) is 15.0. The molecule has 0 amide bonds. The third-order valence-corrected chi connectivity index (χ3v) is 9.02. The minimum Gasteiger partial charge on any atom is -0.377 e. The van der Waals surface area contributed by atoms with Gasteiger partial charge in [-0.25, -0.2) is 0 Å². The van der Waals surface area contributed by atoms with Crippen molar-refractivity contribution in [2.75, 3.05) is 21.3 Å². The van der Waals surface area contributed by atoms with Gasteiger partial charge >= 0.3 is 8.80 Å². The van der Waals surface area contributed by atoms with E-state index in [2.05, 4.69) is 84.9 Å². The van der Waals surface area contributed by atoms with Crippen molar-refractivity contribution in [3.63, 3.8) is 0 Å². The van der Waals surface area contributed by atoms with E-state index in [1.54, 1.807) is 21.3 Å². The van der Waals surface area contributed by atoms with Crippen LogP contribution in [0.3, 0.4) is 0 Å². The lowest BCUT2D eigenvalue weighted by molar-refractivity contribution is 0.121. The van der Waals surface area contributed by atoms with Crippen molar-refractivity contribution in [3.8, 4) is 0 Å². The van der Waals surface area contributed by atoms with Crippen LogP contribution in [0.1, 0.15) is 17.5 Å². The Morgan fingerprint density at radius 1 is 0.645 bits per heavy atom. The molecule has 0 heterocycles. The molecule has 4 aromatic rings. The summed E-state index contributed by atoms with van der Waals surface area (Å²) in [4.78, 5) is 0. The quantitative estimate of drug-likeness (QED) is 0.376. The molecule has 31 heavy (non-hydrogen) atoms. The average Bonchev–Trinajstić information content (AvgIpc) is 2.84. The monoisotopic (exact) mass is 431 g/mol. The molecule has 0 aromatic heterocycles. The maximum absolute atomic E-state index is 7.25. The predicted octanol–water partition coefficient (Wildman–Crippen LogP) is 5.46. The van der Waals surface area contributed by atoms with Gasteiger partial charge in [0, 0.05) is 27.4 Å². The molecule has 4 rings (SSSR count). The van der Waals surface area contributed by atoms with E-state index in [0.717, 1.165) is 11.1 Å². The smallest absolute Gasteiger partial charge is 0.377 e. The highest BCUT2D eigenvalue weighted by Crippen LogP contribution is 2.37. The maximum Gasteiger partial charge on any atom is 0.500 e. The lowest BCUT2D eigenvalue weighted by atomic mass is 9.80. The van der Waals surface area contributed by atoms with Gasteiger partial charge in [-0.05, 0) is 51.2 Å². The Morgan fingerprint density at radius 3 is 1.48 bits per heavy atom. The summed E-state index contributed by atoms with van der Waals surface area (Å²) in [5, 5.41) is 4.73. The van der Waals surface area contributed by atoms with E-state index in [9.17, 15) is 0 Å². The second kappa shape index (κ2) is 8.90. The molecule has 0 aliphatic rings. The van der Waals surface area contributed by atoms with Crippen molar-refractivity contribution in [3.05, 3.63) is 96.1 Å². The van der Waals surface area contributed by atoms with Crippen LogP contribution in [0.2, 0.25) is 6.04 Å². The number of rotatable bonds is 8. The molecule has 0 aliphatic carbocycles. The van der Waals surface area contributed by atoms with E-state index >= 15 is 0 Å². The van der Waals surface area contributed by atoms with Crippen molar-refractivity contribution < 1.29 is 13.3 Å². The summed E-state index contributed by atoms with van der Waals surface area (Å²) in [5.74, 6) is 0. The zero-order chi connectivity index (χ0) is 21.9. The molecule has 0 bridgehead atoms. The topological polar surface area (TPSA) is 53.7 Å². The number of nitrogens with two attached hydrogens (primary N) is 1. The normalized spacial score (nSPS) is 12.5. The van der Waals surface area contributed by atoms with Crippen LogP contribution in [-0.4, -0.2) is 30.1 Å². The van der Waals surface area contributed by atoms with Crippen molar-refractivity contribution in [2.24, 2.45) is 5.73 Å². The van der Waals surface area contributed by atoms with Crippen LogP contribution in [0.5, 0.6) is 0 Å². The van der Waals surface area contributed by atoms with Crippen LogP contribution in [0.4, 0.5) is 0 Å². The lowest BCUT2D eigenvalue weighted by Crippen LogP contribution is -2.46. The molecule has 0 atom stereocenters. The van der Waals surface area contributed by atoms with Crippen molar-refractivity contribution in [1.82, 2.24) is 0 Å². The fourth-order valence-corrected chi connectivity index (χ4v) is 6.11. The van der Waals surface area contributed by atoms with Gasteiger partial charge in [-0.2, -0.15) is 0 Å². The fraction of sp³-hybridized carbons (Fsp3) is 0.231. The summed E-state index contributed by atoms with van der Waals surface area (Å²) in [6.07, 6.45) is 0.630. The molecule has 5 heteroatoms. The van der Waals surface area contributed by atoms with E-state index in [0.29, 0.717) is 12.5 Å². The van der Waals surface area contributed by atoms with Crippen molar-refractivity contribution in [1.29, 1.82) is 0 Å². The number of fused-ring (bicyclic) bond motifs is 2. The second-order valence-corrected chi connectivity index (χ2v) is 11.0. The van der Waals surface area contributed by atoms with Crippen molar-refractivity contribution >= 4 is 30.3 Å². The Balaban J connectivity index is 1.83. The molecule has 2 N–H and O–H groups in total. The van der Waals surface area contributed by atoms with Gasteiger partial charge in [-0.15, -0.1) is 0 Å². The third kappa shape index (κ3) is 4.15. The van der Waals surface area contributed by atoms with Crippen LogP contribution >= 0.6 is 0 Å². The largest absolute Gasteiger partial charge is 0.500 e.